The second-order valence-corrected chi connectivity index (χ2v) is 5.28. The van der Waals surface area contributed by atoms with Gasteiger partial charge in [0.2, 0.25) is 11.8 Å². The smallest absolute Gasteiger partial charge is 0.249 e. The van der Waals surface area contributed by atoms with Crippen LogP contribution in [0, 0.1) is 0 Å². The van der Waals surface area contributed by atoms with Crippen LogP contribution < -0.4 is 5.32 Å². The molecule has 3 rings (SSSR count). The summed E-state index contributed by atoms with van der Waals surface area (Å²) in [6, 6.07) is 8.32. The van der Waals surface area contributed by atoms with Gasteiger partial charge in [-0.2, -0.15) is 0 Å². The number of benzene rings is 1. The highest BCUT2D eigenvalue weighted by atomic mass is 32.1. The fraction of sp³-hybridized carbons (Fsp3) is 0.286. The Morgan fingerprint density at radius 3 is 3.00 bits per heavy atom. The van der Waals surface area contributed by atoms with E-state index in [-0.39, 0.29) is 6.04 Å². The van der Waals surface area contributed by atoms with Crippen molar-refractivity contribution in [2.24, 2.45) is 0 Å². The van der Waals surface area contributed by atoms with Gasteiger partial charge in [-0.1, -0.05) is 25.1 Å². The fourth-order valence-corrected chi connectivity index (χ4v) is 2.99. The molecule has 0 spiro atoms. The zero-order valence-corrected chi connectivity index (χ0v) is 11.7. The number of hydrogen-bond donors (Lipinski definition) is 1. The molecule has 4 nitrogen and oxygen atoms in total. The minimum Gasteiger partial charge on any atom is -0.419 e. The first-order valence-corrected chi connectivity index (χ1v) is 7.21. The lowest BCUT2D eigenvalue weighted by Crippen LogP contribution is -2.17. The van der Waals surface area contributed by atoms with Gasteiger partial charge in [0.05, 0.1) is 11.6 Å². The third-order valence-corrected chi connectivity index (χ3v) is 4.00. The molecule has 5 heteroatoms. The molecule has 0 saturated heterocycles. The van der Waals surface area contributed by atoms with Crippen molar-refractivity contribution in [1.29, 1.82) is 0 Å². The predicted octanol–water partition coefficient (Wildman–Crippen LogP) is 3.62. The molecule has 1 aromatic carbocycles. The van der Waals surface area contributed by atoms with Crippen LogP contribution in [0.15, 0.2) is 34.1 Å². The van der Waals surface area contributed by atoms with Crippen LogP contribution in [-0.2, 0) is 0 Å². The maximum atomic E-state index is 5.77. The van der Waals surface area contributed by atoms with Crippen molar-refractivity contribution in [1.82, 2.24) is 15.5 Å². The average molecular weight is 273 g/mol. The van der Waals surface area contributed by atoms with Gasteiger partial charge in [-0.05, 0) is 19.5 Å². The fourth-order valence-electron chi connectivity index (χ4n) is 2.06. The number of aromatic nitrogens is 2. The molecule has 0 amide bonds. The second-order valence-electron chi connectivity index (χ2n) is 4.37. The first-order valence-electron chi connectivity index (χ1n) is 6.33. The average Bonchev–Trinajstić information content (AvgIpc) is 3.05. The number of nitrogens with one attached hydrogen (secondary N) is 1. The van der Waals surface area contributed by atoms with Gasteiger partial charge < -0.3 is 9.73 Å². The van der Waals surface area contributed by atoms with Crippen LogP contribution in [-0.4, -0.2) is 16.7 Å². The van der Waals surface area contributed by atoms with Crippen molar-refractivity contribution >= 4 is 21.4 Å². The number of fused-ring (bicyclic) bond motifs is 1. The van der Waals surface area contributed by atoms with Gasteiger partial charge in [-0.25, -0.2) is 0 Å². The van der Waals surface area contributed by atoms with Gasteiger partial charge in [0.15, 0.2) is 0 Å². The summed E-state index contributed by atoms with van der Waals surface area (Å²) < 4.78 is 7.01. The highest BCUT2D eigenvalue weighted by Crippen LogP contribution is 2.33. The zero-order valence-electron chi connectivity index (χ0n) is 10.9. The number of rotatable bonds is 4. The van der Waals surface area contributed by atoms with Gasteiger partial charge >= 0.3 is 0 Å². The van der Waals surface area contributed by atoms with Gasteiger partial charge in [0, 0.05) is 15.5 Å². The molecule has 1 unspecified atom stereocenters. The first-order chi connectivity index (χ1) is 9.29. The Labute approximate surface area is 115 Å². The molecule has 0 fully saturated rings. The Morgan fingerprint density at radius 1 is 1.32 bits per heavy atom. The topological polar surface area (TPSA) is 51.0 Å². The predicted molar refractivity (Wildman–Crippen MR) is 77.2 cm³/mol. The molecule has 98 valence electrons. The van der Waals surface area contributed by atoms with Gasteiger partial charge in [-0.15, -0.1) is 21.5 Å². The van der Waals surface area contributed by atoms with E-state index in [1.165, 1.54) is 10.1 Å². The van der Waals surface area contributed by atoms with Crippen LogP contribution in [0.2, 0.25) is 0 Å². The third kappa shape index (κ3) is 2.27. The Hall–Kier alpha value is -1.72. The van der Waals surface area contributed by atoms with Gasteiger partial charge in [0.1, 0.15) is 0 Å². The van der Waals surface area contributed by atoms with E-state index in [9.17, 15) is 0 Å². The molecule has 0 saturated carbocycles. The molecule has 1 atom stereocenters. The van der Waals surface area contributed by atoms with Crippen LogP contribution in [0.4, 0.5) is 0 Å². The second kappa shape index (κ2) is 5.11. The maximum Gasteiger partial charge on any atom is 0.249 e. The van der Waals surface area contributed by atoms with E-state index in [4.69, 9.17) is 4.42 Å². The van der Waals surface area contributed by atoms with E-state index in [1.807, 2.05) is 19.1 Å². The van der Waals surface area contributed by atoms with Crippen molar-refractivity contribution in [3.8, 4) is 11.5 Å². The summed E-state index contributed by atoms with van der Waals surface area (Å²) in [5.74, 6) is 1.23. The highest BCUT2D eigenvalue weighted by molar-refractivity contribution is 7.17. The molecular formula is C14H15N3OS. The summed E-state index contributed by atoms with van der Waals surface area (Å²) in [5.41, 5.74) is 1.02. The van der Waals surface area contributed by atoms with Crippen molar-refractivity contribution < 1.29 is 4.42 Å². The molecule has 1 N–H and O–H groups in total. The number of hydrogen-bond acceptors (Lipinski definition) is 5. The lowest BCUT2D eigenvalue weighted by Gasteiger charge is -2.05. The molecular weight excluding hydrogens is 258 g/mol. The standard InChI is InChI=1S/C14H15N3OS/c1-3-15-9(2)13-16-17-14(18-13)11-8-19-12-7-5-4-6-10(11)12/h4-9,15H,3H2,1-2H3. The van der Waals surface area contributed by atoms with E-state index in [0.29, 0.717) is 11.8 Å². The SMILES string of the molecule is CCNC(C)c1nnc(-c2csc3ccccc23)o1. The van der Waals surface area contributed by atoms with E-state index >= 15 is 0 Å². The van der Waals surface area contributed by atoms with Crippen molar-refractivity contribution in [3.63, 3.8) is 0 Å². The summed E-state index contributed by atoms with van der Waals surface area (Å²) >= 11 is 1.69. The molecule has 0 aliphatic rings. The van der Waals surface area contributed by atoms with Crippen LogP contribution >= 0.6 is 11.3 Å². The summed E-state index contributed by atoms with van der Waals surface area (Å²) in [7, 11) is 0. The quantitative estimate of drug-likeness (QED) is 0.788. The molecule has 0 radical (unpaired) electrons. The summed E-state index contributed by atoms with van der Waals surface area (Å²) in [4.78, 5) is 0. The number of thiophene rings is 1. The van der Waals surface area contributed by atoms with Crippen LogP contribution in [0.25, 0.3) is 21.5 Å². The minimum atomic E-state index is 0.0798. The molecule has 0 aliphatic heterocycles. The molecule has 0 aliphatic carbocycles. The maximum absolute atomic E-state index is 5.77. The normalized spacial score (nSPS) is 12.9. The summed E-state index contributed by atoms with van der Waals surface area (Å²) in [6.45, 7) is 4.95. The van der Waals surface area contributed by atoms with E-state index in [1.54, 1.807) is 11.3 Å². The Bertz CT molecular complexity index is 689. The molecule has 2 heterocycles. The van der Waals surface area contributed by atoms with E-state index in [2.05, 4.69) is 40.0 Å². The highest BCUT2D eigenvalue weighted by Gasteiger charge is 2.16. The van der Waals surface area contributed by atoms with Crippen LogP contribution in [0.3, 0.4) is 0 Å². The van der Waals surface area contributed by atoms with Gasteiger partial charge in [-0.3, -0.25) is 0 Å². The van der Waals surface area contributed by atoms with Gasteiger partial charge in [0.25, 0.3) is 0 Å². The molecule has 2 aromatic heterocycles. The van der Waals surface area contributed by atoms with Crippen molar-refractivity contribution in [2.75, 3.05) is 6.54 Å². The largest absolute Gasteiger partial charge is 0.419 e. The number of nitrogens with zero attached hydrogens (tertiary/aromatic N) is 2. The molecule has 3 aromatic rings. The summed E-state index contributed by atoms with van der Waals surface area (Å²) in [5, 5.41) is 14.8. The Kier molecular flexibility index (Phi) is 3.31. The lowest BCUT2D eigenvalue weighted by atomic mass is 10.2. The van der Waals surface area contributed by atoms with E-state index in [0.717, 1.165) is 12.1 Å². The Morgan fingerprint density at radius 2 is 2.16 bits per heavy atom. The molecule has 0 bridgehead atoms. The van der Waals surface area contributed by atoms with Crippen molar-refractivity contribution in [3.05, 3.63) is 35.5 Å². The van der Waals surface area contributed by atoms with Crippen LogP contribution in [0.5, 0.6) is 0 Å². The Balaban J connectivity index is 1.98. The molecule has 19 heavy (non-hydrogen) atoms. The third-order valence-electron chi connectivity index (χ3n) is 3.03. The first kappa shape index (κ1) is 12.3. The van der Waals surface area contributed by atoms with E-state index < -0.39 is 0 Å². The minimum absolute atomic E-state index is 0.0798. The van der Waals surface area contributed by atoms with Crippen molar-refractivity contribution in [2.45, 2.75) is 19.9 Å². The van der Waals surface area contributed by atoms with Crippen LogP contribution in [0.1, 0.15) is 25.8 Å². The monoisotopic (exact) mass is 273 g/mol. The zero-order chi connectivity index (χ0) is 13.2. The lowest BCUT2D eigenvalue weighted by molar-refractivity contribution is 0.429. The summed E-state index contributed by atoms with van der Waals surface area (Å²) in [6.07, 6.45) is 0.